The topological polar surface area (TPSA) is 102 Å². The second-order valence-electron chi connectivity index (χ2n) is 6.36. The number of methoxy groups -OCH3 is 2. The lowest BCUT2D eigenvalue weighted by Gasteiger charge is -2.01. The molecule has 8 nitrogen and oxygen atoms in total. The Kier molecular flexibility index (Phi) is 6.43. The van der Waals surface area contributed by atoms with Gasteiger partial charge in [0.15, 0.2) is 11.4 Å². The quantitative estimate of drug-likeness (QED) is 0.291. The molecule has 0 atom stereocenters. The van der Waals surface area contributed by atoms with Crippen molar-refractivity contribution < 1.29 is 19.1 Å². The maximum absolute atomic E-state index is 12.2. The summed E-state index contributed by atoms with van der Waals surface area (Å²) >= 11 is 2.59. The van der Waals surface area contributed by atoms with E-state index in [1.54, 1.807) is 0 Å². The van der Waals surface area contributed by atoms with Crippen LogP contribution >= 0.6 is 22.7 Å². The van der Waals surface area contributed by atoms with E-state index in [-0.39, 0.29) is 11.4 Å². The van der Waals surface area contributed by atoms with Crippen LogP contribution in [0.3, 0.4) is 0 Å². The number of nitrogens with zero attached hydrogens (tertiary/aromatic N) is 2. The molecule has 32 heavy (non-hydrogen) atoms. The SMILES string of the molecule is COC(=O)c1nc(NNc2nc(C(=O)OC)c(-c3ccccc3)s2)sc1-c1ccccc1. The van der Waals surface area contributed by atoms with Gasteiger partial charge in [-0.05, 0) is 11.1 Å². The van der Waals surface area contributed by atoms with Crippen molar-refractivity contribution >= 4 is 44.9 Å². The lowest BCUT2D eigenvalue weighted by Crippen LogP contribution is -2.10. The number of carbonyl (C=O) groups is 2. The summed E-state index contributed by atoms with van der Waals surface area (Å²) in [6.45, 7) is 0. The third kappa shape index (κ3) is 4.46. The molecular weight excluding hydrogens is 448 g/mol. The Morgan fingerprint density at radius 3 is 1.41 bits per heavy atom. The summed E-state index contributed by atoms with van der Waals surface area (Å²) in [6.07, 6.45) is 0. The Labute approximate surface area is 191 Å². The molecule has 4 rings (SSSR count). The number of hydrogen-bond acceptors (Lipinski definition) is 10. The summed E-state index contributed by atoms with van der Waals surface area (Å²) in [4.78, 5) is 34.5. The van der Waals surface area contributed by atoms with Crippen molar-refractivity contribution in [2.24, 2.45) is 0 Å². The van der Waals surface area contributed by atoms with Gasteiger partial charge in [0.2, 0.25) is 10.3 Å². The summed E-state index contributed by atoms with van der Waals surface area (Å²) in [6, 6.07) is 18.9. The number of ether oxygens (including phenoxy) is 2. The predicted molar refractivity (Wildman–Crippen MR) is 125 cm³/mol. The number of carbonyl (C=O) groups excluding carboxylic acids is 2. The molecular formula is C22H18N4O4S2. The van der Waals surface area contributed by atoms with Crippen molar-refractivity contribution in [2.75, 3.05) is 25.1 Å². The summed E-state index contributed by atoms with van der Waals surface area (Å²) in [7, 11) is 2.63. The number of nitrogens with one attached hydrogen (secondary N) is 2. The molecule has 4 aromatic rings. The number of hydrazine groups is 1. The van der Waals surface area contributed by atoms with Crippen LogP contribution in [0.5, 0.6) is 0 Å². The molecule has 0 aliphatic rings. The third-order valence-electron chi connectivity index (χ3n) is 4.36. The van der Waals surface area contributed by atoms with E-state index in [1.807, 2.05) is 60.7 Å². The molecule has 2 N–H and O–H groups in total. The maximum atomic E-state index is 12.2. The van der Waals surface area contributed by atoms with Crippen molar-refractivity contribution in [3.63, 3.8) is 0 Å². The first-order valence-corrected chi connectivity index (χ1v) is 11.0. The van der Waals surface area contributed by atoms with Gasteiger partial charge in [-0.15, -0.1) is 0 Å². The monoisotopic (exact) mass is 466 g/mol. The van der Waals surface area contributed by atoms with Gasteiger partial charge in [-0.1, -0.05) is 83.3 Å². The molecule has 0 amide bonds. The zero-order valence-corrected chi connectivity index (χ0v) is 18.8. The number of rotatable bonds is 7. The van der Waals surface area contributed by atoms with Crippen molar-refractivity contribution in [2.45, 2.75) is 0 Å². The molecule has 162 valence electrons. The van der Waals surface area contributed by atoms with Crippen LogP contribution in [-0.4, -0.2) is 36.1 Å². The van der Waals surface area contributed by atoms with E-state index in [0.717, 1.165) is 11.1 Å². The minimum Gasteiger partial charge on any atom is -0.464 e. The molecule has 0 saturated heterocycles. The van der Waals surface area contributed by atoms with E-state index in [0.29, 0.717) is 20.0 Å². The molecule has 0 radical (unpaired) electrons. The number of aromatic nitrogens is 2. The molecule has 0 aliphatic heterocycles. The standard InChI is InChI=1S/C22H18N4O4S2/c1-29-19(27)15-17(13-9-5-3-6-10-13)31-21(23-15)25-26-22-24-16(20(28)30-2)18(32-22)14-11-7-4-8-12-14/h3-12H,1-2H3,(H,23,25)(H,24,26). The smallest absolute Gasteiger partial charge is 0.358 e. The second kappa shape index (κ2) is 9.58. The molecule has 0 bridgehead atoms. The Morgan fingerprint density at radius 2 is 1.06 bits per heavy atom. The lowest BCUT2D eigenvalue weighted by atomic mass is 10.1. The highest BCUT2D eigenvalue weighted by Crippen LogP contribution is 2.35. The predicted octanol–water partition coefficient (Wildman–Crippen LogP) is 4.95. The van der Waals surface area contributed by atoms with E-state index in [4.69, 9.17) is 9.47 Å². The Balaban J connectivity index is 1.61. The van der Waals surface area contributed by atoms with Crippen LogP contribution in [0.25, 0.3) is 20.9 Å². The van der Waals surface area contributed by atoms with Crippen LogP contribution in [0.15, 0.2) is 60.7 Å². The van der Waals surface area contributed by atoms with Gasteiger partial charge < -0.3 is 9.47 Å². The van der Waals surface area contributed by atoms with E-state index in [2.05, 4.69) is 20.8 Å². The van der Waals surface area contributed by atoms with E-state index < -0.39 is 11.9 Å². The van der Waals surface area contributed by atoms with Gasteiger partial charge >= 0.3 is 11.9 Å². The molecule has 0 saturated carbocycles. The molecule has 0 fully saturated rings. The number of hydrogen-bond donors (Lipinski definition) is 2. The molecule has 0 aliphatic carbocycles. The van der Waals surface area contributed by atoms with Gasteiger partial charge in [-0.2, -0.15) is 0 Å². The van der Waals surface area contributed by atoms with Gasteiger partial charge in [0.1, 0.15) is 0 Å². The first-order valence-electron chi connectivity index (χ1n) is 9.42. The Bertz CT molecular complexity index is 1140. The van der Waals surface area contributed by atoms with Crippen LogP contribution in [0.2, 0.25) is 0 Å². The van der Waals surface area contributed by atoms with Gasteiger partial charge in [-0.3, -0.25) is 10.9 Å². The largest absolute Gasteiger partial charge is 0.464 e. The fraction of sp³-hybridized carbons (Fsp3) is 0.0909. The molecule has 2 aromatic carbocycles. The zero-order chi connectivity index (χ0) is 22.5. The first kappa shape index (κ1) is 21.5. The van der Waals surface area contributed by atoms with E-state index in [9.17, 15) is 9.59 Å². The number of esters is 2. The van der Waals surface area contributed by atoms with Crippen molar-refractivity contribution in [3.05, 3.63) is 72.1 Å². The number of thiazole rings is 2. The summed E-state index contributed by atoms with van der Waals surface area (Å²) in [5, 5.41) is 0.890. The van der Waals surface area contributed by atoms with Crippen molar-refractivity contribution in [1.82, 2.24) is 9.97 Å². The van der Waals surface area contributed by atoms with Crippen molar-refractivity contribution in [1.29, 1.82) is 0 Å². The van der Waals surface area contributed by atoms with Crippen molar-refractivity contribution in [3.8, 4) is 20.9 Å². The van der Waals surface area contributed by atoms with Crippen LogP contribution in [0, 0.1) is 0 Å². The second-order valence-corrected chi connectivity index (χ2v) is 8.36. The molecule has 0 unspecified atom stereocenters. The molecule has 2 aromatic heterocycles. The normalized spacial score (nSPS) is 10.4. The maximum Gasteiger partial charge on any atom is 0.358 e. The summed E-state index contributed by atoms with van der Waals surface area (Å²) in [5.41, 5.74) is 8.07. The van der Waals surface area contributed by atoms with Gasteiger partial charge in [0.05, 0.1) is 24.0 Å². The van der Waals surface area contributed by atoms with Gasteiger partial charge in [0.25, 0.3) is 0 Å². The lowest BCUT2D eigenvalue weighted by molar-refractivity contribution is 0.0587. The average molecular weight is 467 g/mol. The van der Waals surface area contributed by atoms with E-state index >= 15 is 0 Å². The van der Waals surface area contributed by atoms with Crippen LogP contribution in [0.1, 0.15) is 21.0 Å². The Morgan fingerprint density at radius 1 is 0.688 bits per heavy atom. The molecule has 10 heteroatoms. The highest BCUT2D eigenvalue weighted by Gasteiger charge is 2.22. The number of anilines is 2. The van der Waals surface area contributed by atoms with Gasteiger partial charge in [-0.25, -0.2) is 19.6 Å². The zero-order valence-electron chi connectivity index (χ0n) is 17.1. The number of benzene rings is 2. The highest BCUT2D eigenvalue weighted by molar-refractivity contribution is 7.20. The van der Waals surface area contributed by atoms with Crippen LogP contribution in [-0.2, 0) is 9.47 Å². The summed E-state index contributed by atoms with van der Waals surface area (Å²) in [5.74, 6) is -1.05. The summed E-state index contributed by atoms with van der Waals surface area (Å²) < 4.78 is 9.75. The third-order valence-corrected chi connectivity index (χ3v) is 6.40. The molecule has 0 spiro atoms. The fourth-order valence-corrected chi connectivity index (χ4v) is 4.72. The fourth-order valence-electron chi connectivity index (χ4n) is 2.89. The van der Waals surface area contributed by atoms with Crippen LogP contribution in [0.4, 0.5) is 10.3 Å². The Hall–Kier alpha value is -3.76. The van der Waals surface area contributed by atoms with E-state index in [1.165, 1.54) is 36.9 Å². The minimum atomic E-state index is -0.526. The van der Waals surface area contributed by atoms with Gasteiger partial charge in [0, 0.05) is 0 Å². The average Bonchev–Trinajstić information content (AvgIpc) is 3.47. The molecule has 2 heterocycles. The first-order chi connectivity index (χ1) is 15.6. The highest BCUT2D eigenvalue weighted by atomic mass is 32.1. The van der Waals surface area contributed by atoms with Crippen LogP contribution < -0.4 is 10.9 Å². The minimum absolute atomic E-state index is 0.215.